The lowest BCUT2D eigenvalue weighted by Gasteiger charge is -2.47. The highest BCUT2D eigenvalue weighted by Gasteiger charge is 2.50. The quantitative estimate of drug-likeness (QED) is 0.487. The molecule has 0 aromatic heterocycles. The second kappa shape index (κ2) is 7.54. The fraction of sp³-hybridized carbons (Fsp3) is 0.600. The van der Waals surface area contributed by atoms with Crippen LogP contribution in [0.25, 0.3) is 11.1 Å². The van der Waals surface area contributed by atoms with Crippen LogP contribution in [0.15, 0.2) is 48.5 Å². The van der Waals surface area contributed by atoms with E-state index < -0.39 is 0 Å². The first kappa shape index (κ1) is 19.1. The van der Waals surface area contributed by atoms with E-state index in [1.165, 1.54) is 56.1 Å². The molecule has 0 N–H and O–H groups in total. The van der Waals surface area contributed by atoms with Gasteiger partial charge in [-0.2, -0.15) is 0 Å². The molecule has 3 fully saturated rings. The van der Waals surface area contributed by atoms with Crippen LogP contribution in [0.3, 0.4) is 0 Å². The van der Waals surface area contributed by atoms with E-state index in [0.29, 0.717) is 5.92 Å². The molecular weight excluding hydrogens is 360 g/mol. The van der Waals surface area contributed by atoms with Crippen molar-refractivity contribution in [2.75, 3.05) is 0 Å². The van der Waals surface area contributed by atoms with Gasteiger partial charge in [-0.3, -0.25) is 0 Å². The largest absolute Gasteiger partial charge is 0.0622 e. The molecule has 2 aromatic rings. The van der Waals surface area contributed by atoms with Crippen molar-refractivity contribution >= 4 is 0 Å². The van der Waals surface area contributed by atoms with Crippen molar-refractivity contribution in [1.82, 2.24) is 0 Å². The van der Waals surface area contributed by atoms with Gasteiger partial charge >= 0.3 is 0 Å². The zero-order valence-corrected chi connectivity index (χ0v) is 18.9. The molecular formula is C30H38. The Morgan fingerprint density at radius 1 is 0.700 bits per heavy atom. The summed E-state index contributed by atoms with van der Waals surface area (Å²) in [6.07, 6.45) is 11.9. The second-order valence-electron chi connectivity index (χ2n) is 11.3. The predicted octanol–water partition coefficient (Wildman–Crippen LogP) is 8.31. The normalized spacial score (nSPS) is 37.3. The summed E-state index contributed by atoms with van der Waals surface area (Å²) < 4.78 is 0. The first-order chi connectivity index (χ1) is 14.7. The lowest BCUT2D eigenvalue weighted by molar-refractivity contribution is 0.0200. The topological polar surface area (TPSA) is 0 Å². The molecule has 0 nitrogen and oxygen atoms in total. The van der Waals surface area contributed by atoms with Crippen LogP contribution in [-0.2, 0) is 0 Å². The summed E-state index contributed by atoms with van der Waals surface area (Å²) in [5, 5.41) is 0. The lowest BCUT2D eigenvalue weighted by Crippen LogP contribution is -2.39. The molecule has 0 bridgehead atoms. The Hall–Kier alpha value is -1.56. The molecule has 6 rings (SSSR count). The van der Waals surface area contributed by atoms with Gasteiger partial charge in [-0.25, -0.2) is 0 Å². The van der Waals surface area contributed by atoms with E-state index in [1.54, 1.807) is 17.5 Å². The molecule has 0 radical (unpaired) electrons. The van der Waals surface area contributed by atoms with E-state index in [-0.39, 0.29) is 0 Å². The molecule has 30 heavy (non-hydrogen) atoms. The molecule has 2 aromatic carbocycles. The first-order valence-electron chi connectivity index (χ1n) is 12.9. The molecule has 0 amide bonds. The molecule has 7 atom stereocenters. The van der Waals surface area contributed by atoms with E-state index in [4.69, 9.17) is 0 Å². The van der Waals surface area contributed by atoms with Crippen LogP contribution in [0.1, 0.15) is 82.3 Å². The van der Waals surface area contributed by atoms with Gasteiger partial charge in [0.2, 0.25) is 0 Å². The number of benzene rings is 2. The van der Waals surface area contributed by atoms with Gasteiger partial charge in [-0.1, -0.05) is 81.6 Å². The van der Waals surface area contributed by atoms with Gasteiger partial charge in [0, 0.05) is 5.92 Å². The average Bonchev–Trinajstić information content (AvgIpc) is 3.27. The maximum atomic E-state index is 2.64. The fourth-order valence-corrected chi connectivity index (χ4v) is 8.79. The molecule has 0 saturated heterocycles. The maximum Gasteiger partial charge on any atom is 0.0102 e. The van der Waals surface area contributed by atoms with Gasteiger partial charge in [-0.05, 0) is 95.8 Å². The smallest absolute Gasteiger partial charge is 0.0102 e. The average molecular weight is 399 g/mol. The van der Waals surface area contributed by atoms with Gasteiger partial charge in [0.15, 0.2) is 0 Å². The van der Waals surface area contributed by atoms with E-state index in [9.17, 15) is 0 Å². The van der Waals surface area contributed by atoms with Crippen molar-refractivity contribution < 1.29 is 0 Å². The summed E-state index contributed by atoms with van der Waals surface area (Å²) in [5.41, 5.74) is 6.16. The third-order valence-corrected chi connectivity index (χ3v) is 10.1. The highest BCUT2D eigenvalue weighted by atomic mass is 14.6. The Kier molecular flexibility index (Phi) is 4.81. The number of hydrogen-bond acceptors (Lipinski definition) is 0. The zero-order chi connectivity index (χ0) is 20.2. The molecule has 0 heteroatoms. The third kappa shape index (κ3) is 2.93. The van der Waals surface area contributed by atoms with Crippen molar-refractivity contribution in [3.05, 3.63) is 59.7 Å². The van der Waals surface area contributed by atoms with Crippen LogP contribution in [0.2, 0.25) is 0 Å². The van der Waals surface area contributed by atoms with Crippen LogP contribution in [-0.4, -0.2) is 0 Å². The summed E-state index contributed by atoms with van der Waals surface area (Å²) in [5.74, 6) is 7.63. The van der Waals surface area contributed by atoms with Crippen molar-refractivity contribution in [2.45, 2.75) is 71.1 Å². The Labute approximate surface area is 183 Å². The molecule has 3 saturated carbocycles. The SMILES string of the molecule is CC1CC2C(C)C3CCCCC3CC2C1CCC1c2ccccc2-c2ccccc21. The minimum absolute atomic E-state index is 0.618. The first-order valence-corrected chi connectivity index (χ1v) is 12.9. The highest BCUT2D eigenvalue weighted by Crippen LogP contribution is 2.59. The van der Waals surface area contributed by atoms with Gasteiger partial charge in [0.25, 0.3) is 0 Å². The molecule has 7 unspecified atom stereocenters. The lowest BCUT2D eigenvalue weighted by atomic mass is 9.58. The van der Waals surface area contributed by atoms with Gasteiger partial charge in [0.05, 0.1) is 0 Å². The maximum absolute atomic E-state index is 2.64. The number of fused-ring (bicyclic) bond motifs is 5. The van der Waals surface area contributed by atoms with Crippen LogP contribution in [0, 0.1) is 41.4 Å². The van der Waals surface area contributed by atoms with Crippen molar-refractivity contribution in [2.24, 2.45) is 41.4 Å². The van der Waals surface area contributed by atoms with Crippen molar-refractivity contribution in [1.29, 1.82) is 0 Å². The summed E-state index contributed by atoms with van der Waals surface area (Å²) in [6, 6.07) is 18.4. The Balaban J connectivity index is 1.23. The molecule has 158 valence electrons. The van der Waals surface area contributed by atoms with Gasteiger partial charge in [-0.15, -0.1) is 0 Å². The zero-order valence-electron chi connectivity index (χ0n) is 18.9. The molecule has 4 aliphatic rings. The fourth-order valence-electron chi connectivity index (χ4n) is 8.79. The minimum Gasteiger partial charge on any atom is -0.0622 e. The second-order valence-corrected chi connectivity index (χ2v) is 11.3. The van der Waals surface area contributed by atoms with Crippen molar-refractivity contribution in [3.8, 4) is 11.1 Å². The highest BCUT2D eigenvalue weighted by molar-refractivity contribution is 5.78. The molecule has 0 aliphatic heterocycles. The van der Waals surface area contributed by atoms with Crippen LogP contribution >= 0.6 is 0 Å². The van der Waals surface area contributed by atoms with E-state index >= 15 is 0 Å². The van der Waals surface area contributed by atoms with E-state index in [0.717, 1.165) is 41.4 Å². The molecule has 0 heterocycles. The summed E-state index contributed by atoms with van der Waals surface area (Å²) >= 11 is 0. The van der Waals surface area contributed by atoms with Gasteiger partial charge < -0.3 is 0 Å². The molecule has 4 aliphatic carbocycles. The Morgan fingerprint density at radius 2 is 1.37 bits per heavy atom. The molecule has 0 spiro atoms. The number of rotatable bonds is 3. The Morgan fingerprint density at radius 3 is 2.10 bits per heavy atom. The summed E-state index contributed by atoms with van der Waals surface area (Å²) in [7, 11) is 0. The Bertz CT molecular complexity index is 864. The number of hydrogen-bond donors (Lipinski definition) is 0. The van der Waals surface area contributed by atoms with Crippen LogP contribution in [0.5, 0.6) is 0 Å². The predicted molar refractivity (Wildman–Crippen MR) is 126 cm³/mol. The third-order valence-electron chi connectivity index (χ3n) is 10.1. The summed E-state index contributed by atoms with van der Waals surface area (Å²) in [6.45, 7) is 5.23. The van der Waals surface area contributed by atoms with Crippen LogP contribution in [0.4, 0.5) is 0 Å². The van der Waals surface area contributed by atoms with Crippen LogP contribution < -0.4 is 0 Å². The van der Waals surface area contributed by atoms with Gasteiger partial charge in [0.1, 0.15) is 0 Å². The standard InChI is InChI=1S/C30H38/c1-19-17-29-20(2)23-10-4-3-9-21(23)18-30(29)22(19)15-16-28-26-13-7-5-11-24(26)25-12-6-8-14-27(25)28/h5-8,11-14,19-23,28-30H,3-4,9-10,15-18H2,1-2H3. The van der Waals surface area contributed by atoms with E-state index in [2.05, 4.69) is 62.4 Å². The monoisotopic (exact) mass is 398 g/mol. The minimum atomic E-state index is 0.618. The van der Waals surface area contributed by atoms with Crippen molar-refractivity contribution in [3.63, 3.8) is 0 Å². The van der Waals surface area contributed by atoms with E-state index in [1.807, 2.05) is 0 Å². The summed E-state index contributed by atoms with van der Waals surface area (Å²) in [4.78, 5) is 0.